The Morgan fingerprint density at radius 2 is 1.86 bits per heavy atom. The average molecular weight is 186 g/mol. The lowest BCUT2D eigenvalue weighted by Crippen LogP contribution is -2.10. The van der Waals surface area contributed by atoms with Crippen molar-refractivity contribution < 1.29 is 4.79 Å². The number of rotatable bonds is 2. The topological polar surface area (TPSA) is 58.9 Å². The number of carbonyl (C=O) groups is 1. The fourth-order valence-corrected chi connectivity index (χ4v) is 1.33. The lowest BCUT2D eigenvalue weighted by atomic mass is 10.1. The van der Waals surface area contributed by atoms with Crippen LogP contribution in [0.1, 0.15) is 10.5 Å². The predicted molar refractivity (Wildman–Crippen MR) is 54.7 cm³/mol. The average Bonchev–Trinajstić information content (AvgIpc) is 2.68. The molecule has 1 aromatic heterocycles. The molecule has 2 aromatic rings. The van der Waals surface area contributed by atoms with Crippen molar-refractivity contribution in [3.05, 3.63) is 48.3 Å². The summed E-state index contributed by atoms with van der Waals surface area (Å²) in [5.74, 6) is -0.438. The van der Waals surface area contributed by atoms with E-state index in [2.05, 4.69) is 4.98 Å². The van der Waals surface area contributed by atoms with E-state index in [0.29, 0.717) is 5.69 Å². The zero-order valence-corrected chi connectivity index (χ0v) is 7.53. The molecular weight excluding hydrogens is 176 g/mol. The van der Waals surface area contributed by atoms with Crippen LogP contribution in [0, 0.1) is 0 Å². The van der Waals surface area contributed by atoms with Crippen molar-refractivity contribution in [2.75, 3.05) is 0 Å². The third kappa shape index (κ3) is 1.52. The highest BCUT2D eigenvalue weighted by atomic mass is 16.1. The number of H-pyrrole nitrogens is 1. The third-order valence-corrected chi connectivity index (χ3v) is 2.06. The molecule has 0 aliphatic heterocycles. The molecule has 3 heteroatoms. The summed E-state index contributed by atoms with van der Waals surface area (Å²) in [6.07, 6.45) is 1.77. The lowest BCUT2D eigenvalue weighted by Gasteiger charge is -1.94. The van der Waals surface area contributed by atoms with Crippen molar-refractivity contribution in [3.63, 3.8) is 0 Å². The van der Waals surface area contributed by atoms with Crippen LogP contribution in [0.15, 0.2) is 42.6 Å². The molecule has 1 heterocycles. The molecule has 3 N–H and O–H groups in total. The van der Waals surface area contributed by atoms with Gasteiger partial charge in [0.2, 0.25) is 0 Å². The van der Waals surface area contributed by atoms with E-state index in [1.807, 2.05) is 30.3 Å². The highest BCUT2D eigenvalue weighted by molar-refractivity contribution is 5.92. The van der Waals surface area contributed by atoms with Gasteiger partial charge in [-0.15, -0.1) is 0 Å². The van der Waals surface area contributed by atoms with E-state index in [1.165, 1.54) is 0 Å². The van der Waals surface area contributed by atoms with Crippen LogP contribution in [0.25, 0.3) is 11.1 Å². The Labute approximate surface area is 81.6 Å². The van der Waals surface area contributed by atoms with Crippen LogP contribution in [-0.2, 0) is 0 Å². The number of nitrogens with two attached hydrogens (primary N) is 1. The number of aromatic amines is 1. The molecule has 0 unspecified atom stereocenters. The first kappa shape index (κ1) is 8.56. The second kappa shape index (κ2) is 3.38. The molecule has 3 nitrogen and oxygen atoms in total. The number of nitrogens with one attached hydrogen (secondary N) is 1. The van der Waals surface area contributed by atoms with Crippen LogP contribution in [-0.4, -0.2) is 10.9 Å². The van der Waals surface area contributed by atoms with E-state index in [-0.39, 0.29) is 0 Å². The quantitative estimate of drug-likeness (QED) is 0.737. The Morgan fingerprint density at radius 3 is 2.43 bits per heavy atom. The Bertz CT molecular complexity index is 445. The van der Waals surface area contributed by atoms with Gasteiger partial charge in [0.15, 0.2) is 0 Å². The molecule has 0 aliphatic rings. The van der Waals surface area contributed by atoms with Crippen LogP contribution in [0.2, 0.25) is 0 Å². The Balaban J connectivity index is 2.39. The summed E-state index contributed by atoms with van der Waals surface area (Å²) in [6, 6.07) is 11.6. The minimum atomic E-state index is -0.438. The summed E-state index contributed by atoms with van der Waals surface area (Å²) < 4.78 is 0. The first-order valence-corrected chi connectivity index (χ1v) is 4.31. The number of amides is 1. The van der Waals surface area contributed by atoms with Gasteiger partial charge in [0, 0.05) is 6.20 Å². The zero-order valence-electron chi connectivity index (χ0n) is 7.53. The molecule has 0 atom stereocenters. The minimum absolute atomic E-state index is 0.434. The molecule has 1 amide bonds. The van der Waals surface area contributed by atoms with Gasteiger partial charge in [-0.2, -0.15) is 0 Å². The Hall–Kier alpha value is -2.03. The Kier molecular flexibility index (Phi) is 2.07. The summed E-state index contributed by atoms with van der Waals surface area (Å²) in [6.45, 7) is 0. The molecule has 14 heavy (non-hydrogen) atoms. The van der Waals surface area contributed by atoms with Crippen molar-refractivity contribution in [1.29, 1.82) is 0 Å². The van der Waals surface area contributed by atoms with Crippen molar-refractivity contribution in [3.8, 4) is 11.1 Å². The number of hydrogen-bond acceptors (Lipinski definition) is 1. The molecule has 70 valence electrons. The minimum Gasteiger partial charge on any atom is -0.364 e. The number of benzene rings is 1. The molecular formula is C11H10N2O. The van der Waals surface area contributed by atoms with E-state index in [0.717, 1.165) is 11.1 Å². The van der Waals surface area contributed by atoms with Crippen LogP contribution < -0.4 is 5.73 Å². The van der Waals surface area contributed by atoms with E-state index in [4.69, 9.17) is 5.73 Å². The second-order valence-electron chi connectivity index (χ2n) is 3.03. The second-order valence-corrected chi connectivity index (χ2v) is 3.03. The highest BCUT2D eigenvalue weighted by Crippen LogP contribution is 2.19. The third-order valence-electron chi connectivity index (χ3n) is 2.06. The van der Waals surface area contributed by atoms with Crippen LogP contribution >= 0.6 is 0 Å². The first-order chi connectivity index (χ1) is 6.77. The fraction of sp³-hybridized carbons (Fsp3) is 0. The smallest absolute Gasteiger partial charge is 0.265 e. The van der Waals surface area contributed by atoms with Crippen molar-refractivity contribution in [1.82, 2.24) is 4.98 Å². The molecule has 0 bridgehead atoms. The zero-order chi connectivity index (χ0) is 9.97. The molecule has 0 saturated carbocycles. The molecule has 1 aromatic carbocycles. The Morgan fingerprint density at radius 1 is 1.14 bits per heavy atom. The molecule has 0 fully saturated rings. The van der Waals surface area contributed by atoms with Gasteiger partial charge in [-0.3, -0.25) is 4.79 Å². The van der Waals surface area contributed by atoms with Crippen LogP contribution in [0.5, 0.6) is 0 Å². The predicted octanol–water partition coefficient (Wildman–Crippen LogP) is 1.78. The summed E-state index contributed by atoms with van der Waals surface area (Å²) >= 11 is 0. The van der Waals surface area contributed by atoms with E-state index in [9.17, 15) is 4.79 Å². The molecule has 0 spiro atoms. The van der Waals surface area contributed by atoms with Gasteiger partial charge < -0.3 is 10.7 Å². The lowest BCUT2D eigenvalue weighted by molar-refractivity contribution is 0.0996. The monoisotopic (exact) mass is 186 g/mol. The number of carbonyl (C=O) groups excluding carboxylic acids is 1. The van der Waals surface area contributed by atoms with Crippen molar-refractivity contribution >= 4 is 5.91 Å². The van der Waals surface area contributed by atoms with Gasteiger partial charge >= 0.3 is 0 Å². The van der Waals surface area contributed by atoms with Crippen LogP contribution in [0.4, 0.5) is 0 Å². The van der Waals surface area contributed by atoms with Gasteiger partial charge in [0.1, 0.15) is 5.69 Å². The fourth-order valence-electron chi connectivity index (χ4n) is 1.33. The maximum atomic E-state index is 10.8. The summed E-state index contributed by atoms with van der Waals surface area (Å²) in [4.78, 5) is 13.7. The summed E-state index contributed by atoms with van der Waals surface area (Å²) in [5, 5.41) is 0. The van der Waals surface area contributed by atoms with Gasteiger partial charge in [0.25, 0.3) is 5.91 Å². The highest BCUT2D eigenvalue weighted by Gasteiger charge is 2.04. The number of primary amides is 1. The van der Waals surface area contributed by atoms with Gasteiger partial charge in [-0.25, -0.2) is 0 Å². The molecule has 0 saturated heterocycles. The van der Waals surface area contributed by atoms with Gasteiger partial charge in [-0.05, 0) is 17.2 Å². The molecule has 2 rings (SSSR count). The summed E-state index contributed by atoms with van der Waals surface area (Å²) in [7, 11) is 0. The maximum Gasteiger partial charge on any atom is 0.265 e. The van der Waals surface area contributed by atoms with Gasteiger partial charge in [0.05, 0.1) is 0 Å². The van der Waals surface area contributed by atoms with E-state index in [1.54, 1.807) is 12.3 Å². The number of aromatic nitrogens is 1. The molecule has 0 radical (unpaired) electrons. The first-order valence-electron chi connectivity index (χ1n) is 4.31. The van der Waals surface area contributed by atoms with E-state index >= 15 is 0 Å². The maximum absolute atomic E-state index is 10.8. The largest absolute Gasteiger partial charge is 0.364 e. The van der Waals surface area contributed by atoms with Gasteiger partial charge in [-0.1, -0.05) is 30.3 Å². The molecule has 0 aliphatic carbocycles. The summed E-state index contributed by atoms with van der Waals surface area (Å²) in [5.41, 5.74) is 7.61. The standard InChI is InChI=1S/C11H10N2O/c12-11(14)10-6-9(7-13-10)8-4-2-1-3-5-8/h1-7,13H,(H2,12,14). The van der Waals surface area contributed by atoms with Crippen LogP contribution in [0.3, 0.4) is 0 Å². The van der Waals surface area contributed by atoms with Crippen molar-refractivity contribution in [2.24, 2.45) is 5.73 Å². The SMILES string of the molecule is NC(=O)c1cc(-c2ccccc2)c[nH]1. The van der Waals surface area contributed by atoms with E-state index < -0.39 is 5.91 Å². The van der Waals surface area contributed by atoms with Crippen molar-refractivity contribution in [2.45, 2.75) is 0 Å². The number of hydrogen-bond donors (Lipinski definition) is 2. The normalized spacial score (nSPS) is 10.0.